The van der Waals surface area contributed by atoms with Gasteiger partial charge in [0.1, 0.15) is 4.21 Å². The van der Waals surface area contributed by atoms with Crippen molar-refractivity contribution < 1.29 is 13.2 Å². The normalized spacial score (nSPS) is 18.6. The number of carbonyl (C=O) groups excluding carboxylic acids is 1. The zero-order valence-electron chi connectivity index (χ0n) is 14.7. The Hall–Kier alpha value is -1.77. The van der Waals surface area contributed by atoms with Gasteiger partial charge in [-0.15, -0.1) is 11.3 Å². The average molecular weight is 394 g/mol. The molecule has 0 N–H and O–H groups in total. The quantitative estimate of drug-likeness (QED) is 0.755. The van der Waals surface area contributed by atoms with Gasteiger partial charge in [0.15, 0.2) is 0 Å². The van der Waals surface area contributed by atoms with E-state index in [0.29, 0.717) is 30.1 Å². The lowest BCUT2D eigenvalue weighted by molar-refractivity contribution is -0.135. The van der Waals surface area contributed by atoms with Gasteiger partial charge in [-0.3, -0.25) is 9.78 Å². The lowest BCUT2D eigenvalue weighted by Gasteiger charge is -2.33. The first-order valence-electron chi connectivity index (χ1n) is 8.67. The Labute approximate surface area is 158 Å². The molecule has 1 saturated heterocycles. The Balaban J connectivity index is 1.60. The maximum absolute atomic E-state index is 12.8. The molecule has 1 amide bonds. The molecule has 8 heteroatoms. The van der Waals surface area contributed by atoms with Crippen LogP contribution in [0.25, 0.3) is 0 Å². The molecule has 0 aromatic carbocycles. The summed E-state index contributed by atoms with van der Waals surface area (Å²) in [6.07, 6.45) is 3.86. The molecule has 1 aliphatic rings. The summed E-state index contributed by atoms with van der Waals surface area (Å²) in [6, 6.07) is 9.08. The minimum Gasteiger partial charge on any atom is -0.345 e. The molecule has 140 valence electrons. The second-order valence-electron chi connectivity index (χ2n) is 6.47. The highest BCUT2D eigenvalue weighted by molar-refractivity contribution is 7.91. The number of aromatic nitrogens is 1. The van der Waals surface area contributed by atoms with E-state index in [1.54, 1.807) is 35.7 Å². The maximum atomic E-state index is 12.8. The molecular formula is C18H23N3O3S2. The molecule has 1 fully saturated rings. The number of hydrogen-bond acceptors (Lipinski definition) is 5. The van der Waals surface area contributed by atoms with Crippen molar-refractivity contribution in [2.45, 2.75) is 23.5 Å². The second-order valence-corrected chi connectivity index (χ2v) is 9.58. The predicted molar refractivity (Wildman–Crippen MR) is 101 cm³/mol. The molecule has 2 aromatic rings. The summed E-state index contributed by atoms with van der Waals surface area (Å²) in [5, 5.41) is 1.75. The van der Waals surface area contributed by atoms with Gasteiger partial charge in [-0.1, -0.05) is 12.1 Å². The summed E-state index contributed by atoms with van der Waals surface area (Å²) >= 11 is 1.21. The summed E-state index contributed by atoms with van der Waals surface area (Å²) in [4.78, 5) is 18.7. The molecule has 1 atom stereocenters. The van der Waals surface area contributed by atoms with Gasteiger partial charge in [0.2, 0.25) is 5.91 Å². The van der Waals surface area contributed by atoms with E-state index in [9.17, 15) is 13.2 Å². The van der Waals surface area contributed by atoms with Crippen LogP contribution in [0.2, 0.25) is 0 Å². The largest absolute Gasteiger partial charge is 0.345 e. The van der Waals surface area contributed by atoms with Gasteiger partial charge in [0, 0.05) is 45.0 Å². The average Bonchev–Trinajstić information content (AvgIpc) is 3.22. The van der Waals surface area contributed by atoms with Crippen molar-refractivity contribution >= 4 is 27.3 Å². The van der Waals surface area contributed by atoms with Gasteiger partial charge in [-0.2, -0.15) is 4.31 Å². The van der Waals surface area contributed by atoms with E-state index in [2.05, 4.69) is 4.98 Å². The van der Waals surface area contributed by atoms with Crippen molar-refractivity contribution in [3.63, 3.8) is 0 Å². The minimum absolute atomic E-state index is 0.00649. The summed E-state index contributed by atoms with van der Waals surface area (Å²) in [5.74, 6) is -0.278. The fourth-order valence-corrected chi connectivity index (χ4v) is 5.82. The number of carbonyl (C=O) groups is 1. The van der Waals surface area contributed by atoms with E-state index in [1.165, 1.54) is 15.6 Å². The lowest BCUT2D eigenvalue weighted by atomic mass is 9.98. The maximum Gasteiger partial charge on any atom is 0.252 e. The van der Waals surface area contributed by atoms with Gasteiger partial charge in [-0.05, 0) is 36.4 Å². The van der Waals surface area contributed by atoms with Crippen molar-refractivity contribution in [2.75, 3.05) is 26.7 Å². The van der Waals surface area contributed by atoms with Crippen LogP contribution in [0.1, 0.15) is 18.5 Å². The monoisotopic (exact) mass is 393 g/mol. The SMILES string of the molecule is CN(CCc1ccccn1)C(=O)C1CCCN(S(=O)(=O)c2cccs2)C1. The highest BCUT2D eigenvalue weighted by Gasteiger charge is 2.34. The fraction of sp³-hybridized carbons (Fsp3) is 0.444. The molecule has 3 heterocycles. The van der Waals surface area contributed by atoms with Gasteiger partial charge in [-0.25, -0.2) is 8.42 Å². The number of amides is 1. The van der Waals surface area contributed by atoms with E-state index in [0.717, 1.165) is 12.1 Å². The molecule has 0 radical (unpaired) electrons. The smallest absolute Gasteiger partial charge is 0.252 e. The number of thiophene rings is 1. The number of nitrogens with zero attached hydrogens (tertiary/aromatic N) is 3. The number of rotatable bonds is 6. The van der Waals surface area contributed by atoms with Crippen LogP contribution in [0.3, 0.4) is 0 Å². The molecule has 0 bridgehead atoms. The van der Waals surface area contributed by atoms with Crippen LogP contribution in [-0.4, -0.2) is 55.2 Å². The molecule has 1 aliphatic heterocycles. The molecule has 2 aromatic heterocycles. The van der Waals surface area contributed by atoms with Crippen LogP contribution in [0.4, 0.5) is 0 Å². The summed E-state index contributed by atoms with van der Waals surface area (Å²) in [5.41, 5.74) is 0.942. The number of sulfonamides is 1. The third-order valence-electron chi connectivity index (χ3n) is 4.63. The summed E-state index contributed by atoms with van der Waals surface area (Å²) in [6.45, 7) is 1.30. The van der Waals surface area contributed by atoms with Crippen molar-refractivity contribution in [3.8, 4) is 0 Å². The summed E-state index contributed by atoms with van der Waals surface area (Å²) < 4.78 is 27.2. The number of likely N-dealkylation sites (N-methyl/N-ethyl adjacent to an activating group) is 1. The first-order chi connectivity index (χ1) is 12.5. The van der Waals surface area contributed by atoms with Gasteiger partial charge in [0.05, 0.1) is 5.92 Å². The molecule has 0 aliphatic carbocycles. The van der Waals surface area contributed by atoms with Crippen LogP contribution in [0.15, 0.2) is 46.1 Å². The summed E-state index contributed by atoms with van der Waals surface area (Å²) in [7, 11) is -1.72. The Morgan fingerprint density at radius 2 is 2.19 bits per heavy atom. The Morgan fingerprint density at radius 3 is 2.88 bits per heavy atom. The standard InChI is InChI=1S/C18H23N3O3S2/c1-20(12-9-16-7-2-3-10-19-16)18(22)15-6-4-11-21(14-15)26(23,24)17-8-5-13-25-17/h2-3,5,7-8,10,13,15H,4,6,9,11-12,14H2,1H3. The molecule has 26 heavy (non-hydrogen) atoms. The second kappa shape index (κ2) is 8.28. The van der Waals surface area contributed by atoms with E-state index in [4.69, 9.17) is 0 Å². The first kappa shape index (κ1) is 19.0. The van der Waals surface area contributed by atoms with Gasteiger partial charge < -0.3 is 4.90 Å². The lowest BCUT2D eigenvalue weighted by Crippen LogP contribution is -2.46. The van der Waals surface area contributed by atoms with Crippen LogP contribution < -0.4 is 0 Å². The van der Waals surface area contributed by atoms with E-state index in [1.807, 2.05) is 18.2 Å². The van der Waals surface area contributed by atoms with E-state index in [-0.39, 0.29) is 18.4 Å². The van der Waals surface area contributed by atoms with Crippen LogP contribution in [0, 0.1) is 5.92 Å². The minimum atomic E-state index is -3.49. The Kier molecular flexibility index (Phi) is 6.05. The molecule has 6 nitrogen and oxygen atoms in total. The van der Waals surface area contributed by atoms with E-state index >= 15 is 0 Å². The predicted octanol–water partition coefficient (Wildman–Crippen LogP) is 2.24. The third-order valence-corrected chi connectivity index (χ3v) is 7.87. The molecule has 0 spiro atoms. The Morgan fingerprint density at radius 1 is 1.35 bits per heavy atom. The van der Waals surface area contributed by atoms with Crippen molar-refractivity contribution in [3.05, 3.63) is 47.6 Å². The number of pyridine rings is 1. The fourth-order valence-electron chi connectivity index (χ4n) is 3.15. The van der Waals surface area contributed by atoms with Crippen molar-refractivity contribution in [1.82, 2.24) is 14.2 Å². The van der Waals surface area contributed by atoms with Gasteiger partial charge >= 0.3 is 0 Å². The highest BCUT2D eigenvalue weighted by atomic mass is 32.2. The Bertz CT molecular complexity index is 823. The third kappa shape index (κ3) is 4.31. The zero-order valence-corrected chi connectivity index (χ0v) is 16.4. The highest BCUT2D eigenvalue weighted by Crippen LogP contribution is 2.27. The molecule has 1 unspecified atom stereocenters. The molecule has 0 saturated carbocycles. The van der Waals surface area contributed by atoms with Crippen LogP contribution in [0.5, 0.6) is 0 Å². The molecule has 3 rings (SSSR count). The van der Waals surface area contributed by atoms with Crippen molar-refractivity contribution in [2.24, 2.45) is 5.92 Å². The van der Waals surface area contributed by atoms with Crippen LogP contribution >= 0.6 is 11.3 Å². The van der Waals surface area contributed by atoms with E-state index < -0.39 is 10.0 Å². The van der Waals surface area contributed by atoms with Crippen molar-refractivity contribution in [1.29, 1.82) is 0 Å². The van der Waals surface area contributed by atoms with Crippen LogP contribution in [-0.2, 0) is 21.2 Å². The first-order valence-corrected chi connectivity index (χ1v) is 11.0. The number of hydrogen-bond donors (Lipinski definition) is 0. The topological polar surface area (TPSA) is 70.6 Å². The zero-order chi connectivity index (χ0) is 18.6. The molecular weight excluding hydrogens is 370 g/mol. The number of piperidine rings is 1. The van der Waals surface area contributed by atoms with Gasteiger partial charge in [0.25, 0.3) is 10.0 Å².